The lowest BCUT2D eigenvalue weighted by Gasteiger charge is -2.48. The summed E-state index contributed by atoms with van der Waals surface area (Å²) in [5.74, 6) is 1.70. The molecule has 4 rings (SSSR count). The number of likely N-dealkylation sites (tertiary alicyclic amines) is 1. The maximum atomic E-state index is 12.5. The Morgan fingerprint density at radius 2 is 2.18 bits per heavy atom. The molecule has 0 radical (unpaired) electrons. The highest BCUT2D eigenvalue weighted by atomic mass is 16.5. The Balaban J connectivity index is 1.52. The summed E-state index contributed by atoms with van der Waals surface area (Å²) >= 11 is 0. The van der Waals surface area contributed by atoms with Crippen LogP contribution >= 0.6 is 0 Å². The molecule has 2 N–H and O–H groups in total. The molecule has 0 unspecified atom stereocenters. The summed E-state index contributed by atoms with van der Waals surface area (Å²) in [5.41, 5.74) is 6.98. The standard InChI is InChI=1S/C20H26N6O2/c1-28-17-10-16(23-19(21)24-17)25-9-3-6-20(13-25)7-5-18(27)26(14-20)12-15-4-2-8-22-11-15/h2,4,8,10-11H,3,5-7,9,12-14H2,1H3,(H2,21,23,24)/t20-/m1/s1. The van der Waals surface area contributed by atoms with Crippen LogP contribution in [0.15, 0.2) is 30.6 Å². The highest BCUT2D eigenvalue weighted by molar-refractivity contribution is 5.77. The molecule has 8 heteroatoms. The lowest BCUT2D eigenvalue weighted by molar-refractivity contribution is -0.138. The average molecular weight is 382 g/mol. The second kappa shape index (κ2) is 7.61. The van der Waals surface area contributed by atoms with Crippen LogP contribution in [-0.4, -0.2) is 52.5 Å². The van der Waals surface area contributed by atoms with E-state index >= 15 is 0 Å². The van der Waals surface area contributed by atoms with Gasteiger partial charge >= 0.3 is 0 Å². The normalized spacial score (nSPS) is 22.5. The first-order chi connectivity index (χ1) is 13.6. The van der Waals surface area contributed by atoms with Crippen molar-refractivity contribution in [2.24, 2.45) is 5.41 Å². The number of hydrogen-bond donors (Lipinski definition) is 1. The van der Waals surface area contributed by atoms with Gasteiger partial charge in [0.1, 0.15) is 5.82 Å². The largest absolute Gasteiger partial charge is 0.481 e. The fraction of sp³-hybridized carbons (Fsp3) is 0.500. The zero-order chi connectivity index (χ0) is 19.6. The number of hydrogen-bond acceptors (Lipinski definition) is 7. The highest BCUT2D eigenvalue weighted by Gasteiger charge is 2.42. The monoisotopic (exact) mass is 382 g/mol. The summed E-state index contributed by atoms with van der Waals surface area (Å²) in [4.78, 5) is 29.4. The average Bonchev–Trinajstić information content (AvgIpc) is 2.71. The molecule has 0 saturated carbocycles. The second-order valence-electron chi connectivity index (χ2n) is 7.76. The van der Waals surface area contributed by atoms with Crippen molar-refractivity contribution in [1.82, 2.24) is 19.9 Å². The molecule has 1 spiro atoms. The van der Waals surface area contributed by atoms with Crippen molar-refractivity contribution in [2.45, 2.75) is 32.2 Å². The Hall–Kier alpha value is -2.90. The van der Waals surface area contributed by atoms with Gasteiger partial charge in [-0.05, 0) is 30.9 Å². The van der Waals surface area contributed by atoms with Gasteiger partial charge in [-0.3, -0.25) is 9.78 Å². The first kappa shape index (κ1) is 18.5. The van der Waals surface area contributed by atoms with Crippen LogP contribution in [0.25, 0.3) is 0 Å². The second-order valence-corrected chi connectivity index (χ2v) is 7.76. The van der Waals surface area contributed by atoms with Crippen LogP contribution < -0.4 is 15.4 Å². The van der Waals surface area contributed by atoms with E-state index in [1.807, 2.05) is 29.3 Å². The number of nitrogens with zero attached hydrogens (tertiary/aromatic N) is 5. The van der Waals surface area contributed by atoms with Gasteiger partial charge in [-0.2, -0.15) is 9.97 Å². The van der Waals surface area contributed by atoms with Crippen molar-refractivity contribution in [1.29, 1.82) is 0 Å². The summed E-state index contributed by atoms with van der Waals surface area (Å²) in [7, 11) is 1.58. The minimum atomic E-state index is 0.0707. The molecule has 2 aliphatic rings. The number of pyridine rings is 1. The third-order valence-corrected chi connectivity index (χ3v) is 5.75. The van der Waals surface area contributed by atoms with Gasteiger partial charge < -0.3 is 20.3 Å². The Kier molecular flexibility index (Phi) is 5.02. The predicted molar refractivity (Wildman–Crippen MR) is 106 cm³/mol. The van der Waals surface area contributed by atoms with Gasteiger partial charge in [-0.15, -0.1) is 0 Å². The first-order valence-corrected chi connectivity index (χ1v) is 9.67. The summed E-state index contributed by atoms with van der Waals surface area (Å²) in [6.45, 7) is 3.14. The van der Waals surface area contributed by atoms with Crippen LogP contribution in [0, 0.1) is 5.41 Å². The molecular formula is C20H26N6O2. The van der Waals surface area contributed by atoms with Gasteiger partial charge in [0.25, 0.3) is 0 Å². The molecule has 8 nitrogen and oxygen atoms in total. The number of anilines is 2. The molecule has 1 amide bonds. The number of amides is 1. The molecule has 0 bridgehead atoms. The molecule has 1 atom stereocenters. The third kappa shape index (κ3) is 3.85. The van der Waals surface area contributed by atoms with Gasteiger partial charge in [0.05, 0.1) is 7.11 Å². The fourth-order valence-electron chi connectivity index (χ4n) is 4.39. The van der Waals surface area contributed by atoms with Crippen molar-refractivity contribution >= 4 is 17.7 Å². The Bertz CT molecular complexity index is 846. The van der Waals surface area contributed by atoms with E-state index in [1.54, 1.807) is 13.3 Å². The molecule has 4 heterocycles. The minimum absolute atomic E-state index is 0.0707. The molecular weight excluding hydrogens is 356 g/mol. The van der Waals surface area contributed by atoms with Crippen LogP contribution in [0.4, 0.5) is 11.8 Å². The third-order valence-electron chi connectivity index (χ3n) is 5.75. The number of ether oxygens (including phenoxy) is 1. The molecule has 0 aliphatic carbocycles. The van der Waals surface area contributed by atoms with E-state index in [0.717, 1.165) is 50.3 Å². The molecule has 2 fully saturated rings. The van der Waals surface area contributed by atoms with Crippen LogP contribution in [0.5, 0.6) is 5.88 Å². The molecule has 148 valence electrons. The lowest BCUT2D eigenvalue weighted by atomic mass is 9.73. The maximum Gasteiger partial charge on any atom is 0.225 e. The number of carbonyl (C=O) groups excluding carboxylic acids is 1. The van der Waals surface area contributed by atoms with Gasteiger partial charge in [-0.1, -0.05) is 6.07 Å². The van der Waals surface area contributed by atoms with E-state index in [0.29, 0.717) is 18.8 Å². The van der Waals surface area contributed by atoms with Crippen LogP contribution in [-0.2, 0) is 11.3 Å². The van der Waals surface area contributed by atoms with E-state index in [4.69, 9.17) is 10.5 Å². The molecule has 2 aromatic heterocycles. The van der Waals surface area contributed by atoms with Gasteiger partial charge in [0, 0.05) is 56.5 Å². The molecule has 2 aromatic rings. The smallest absolute Gasteiger partial charge is 0.225 e. The maximum absolute atomic E-state index is 12.5. The summed E-state index contributed by atoms with van der Waals surface area (Å²) in [5, 5.41) is 0. The van der Waals surface area contributed by atoms with Crippen LogP contribution in [0.1, 0.15) is 31.2 Å². The number of carbonyl (C=O) groups is 1. The Labute approximate surface area is 164 Å². The lowest BCUT2D eigenvalue weighted by Crippen LogP contribution is -2.54. The van der Waals surface area contributed by atoms with Crippen molar-refractivity contribution in [3.05, 3.63) is 36.2 Å². The highest BCUT2D eigenvalue weighted by Crippen LogP contribution is 2.40. The van der Waals surface area contributed by atoms with Crippen LogP contribution in [0.3, 0.4) is 0 Å². The molecule has 2 aliphatic heterocycles. The number of aromatic nitrogens is 3. The number of rotatable bonds is 4. The fourth-order valence-corrected chi connectivity index (χ4v) is 4.39. The number of nitrogen functional groups attached to an aromatic ring is 1. The van der Waals surface area contributed by atoms with E-state index in [9.17, 15) is 4.79 Å². The summed E-state index contributed by atoms with van der Waals surface area (Å²) in [6.07, 6.45) is 7.24. The van der Waals surface area contributed by atoms with E-state index in [1.165, 1.54) is 0 Å². The zero-order valence-corrected chi connectivity index (χ0v) is 16.2. The van der Waals surface area contributed by atoms with Gasteiger partial charge in [0.15, 0.2) is 0 Å². The molecule has 28 heavy (non-hydrogen) atoms. The topological polar surface area (TPSA) is 97.5 Å². The van der Waals surface area contributed by atoms with Crippen LogP contribution in [0.2, 0.25) is 0 Å². The zero-order valence-electron chi connectivity index (χ0n) is 16.2. The van der Waals surface area contributed by atoms with E-state index in [2.05, 4.69) is 19.9 Å². The first-order valence-electron chi connectivity index (χ1n) is 9.67. The van der Waals surface area contributed by atoms with E-state index < -0.39 is 0 Å². The molecule has 0 aromatic carbocycles. The van der Waals surface area contributed by atoms with Crippen molar-refractivity contribution < 1.29 is 9.53 Å². The molecule has 2 saturated heterocycles. The quantitative estimate of drug-likeness (QED) is 0.862. The number of nitrogens with two attached hydrogens (primary N) is 1. The minimum Gasteiger partial charge on any atom is -0.481 e. The number of piperidine rings is 2. The van der Waals surface area contributed by atoms with Crippen molar-refractivity contribution in [3.63, 3.8) is 0 Å². The number of methoxy groups -OCH3 is 1. The summed E-state index contributed by atoms with van der Waals surface area (Å²) in [6, 6.07) is 5.76. The van der Waals surface area contributed by atoms with Gasteiger partial charge in [-0.25, -0.2) is 0 Å². The SMILES string of the molecule is COc1cc(N2CCC[C@@]3(CCC(=O)N(Cc4cccnc4)C3)C2)nc(N)n1. The van der Waals surface area contributed by atoms with Gasteiger partial charge in [0.2, 0.25) is 17.7 Å². The van der Waals surface area contributed by atoms with Crippen molar-refractivity contribution in [2.75, 3.05) is 37.4 Å². The Morgan fingerprint density at radius 1 is 1.29 bits per heavy atom. The Morgan fingerprint density at radius 3 is 2.96 bits per heavy atom. The van der Waals surface area contributed by atoms with Crippen molar-refractivity contribution in [3.8, 4) is 5.88 Å². The summed E-state index contributed by atoms with van der Waals surface area (Å²) < 4.78 is 5.24. The predicted octanol–water partition coefficient (Wildman–Crippen LogP) is 1.87. The van der Waals surface area contributed by atoms with E-state index in [-0.39, 0.29) is 17.3 Å².